The first-order valence-electron chi connectivity index (χ1n) is 6.57. The van der Waals surface area contributed by atoms with Gasteiger partial charge < -0.3 is 20.5 Å². The Morgan fingerprint density at radius 2 is 2.10 bits per heavy atom. The number of carbonyl (C=O) groups is 1. The minimum absolute atomic E-state index is 0.183. The van der Waals surface area contributed by atoms with Crippen LogP contribution in [0, 0.1) is 0 Å². The van der Waals surface area contributed by atoms with Crippen LogP contribution >= 0.6 is 11.3 Å². The normalized spacial score (nSPS) is 11.6. The zero-order chi connectivity index (χ0) is 15.6. The van der Waals surface area contributed by atoms with Crippen LogP contribution in [0.3, 0.4) is 0 Å². The van der Waals surface area contributed by atoms with Crippen molar-refractivity contribution in [3.63, 3.8) is 0 Å². The van der Waals surface area contributed by atoms with Gasteiger partial charge in [-0.3, -0.25) is 4.79 Å². The van der Waals surface area contributed by atoms with Crippen molar-refractivity contribution in [2.45, 2.75) is 19.4 Å². The Bertz CT molecular complexity index is 664. The number of amides is 1. The SMILES string of the molecule is COc1ccc2c(N)c(C(=O)NCC(C)(C)OC)sc2c1. The molecule has 0 saturated carbocycles. The summed E-state index contributed by atoms with van der Waals surface area (Å²) in [6.07, 6.45) is 0. The number of hydrogen-bond acceptors (Lipinski definition) is 5. The molecule has 0 aliphatic rings. The van der Waals surface area contributed by atoms with E-state index in [0.717, 1.165) is 15.8 Å². The Morgan fingerprint density at radius 3 is 2.71 bits per heavy atom. The van der Waals surface area contributed by atoms with Gasteiger partial charge in [-0.2, -0.15) is 0 Å². The molecule has 0 unspecified atom stereocenters. The van der Waals surface area contributed by atoms with Crippen molar-refractivity contribution in [2.75, 3.05) is 26.5 Å². The molecule has 0 spiro atoms. The third-order valence-electron chi connectivity index (χ3n) is 3.37. The fourth-order valence-electron chi connectivity index (χ4n) is 1.84. The first-order valence-corrected chi connectivity index (χ1v) is 7.39. The second-order valence-electron chi connectivity index (χ2n) is 5.35. The van der Waals surface area contributed by atoms with E-state index in [1.54, 1.807) is 14.2 Å². The summed E-state index contributed by atoms with van der Waals surface area (Å²) in [6, 6.07) is 5.59. The highest BCUT2D eigenvalue weighted by atomic mass is 32.1. The van der Waals surface area contributed by atoms with Crippen LogP contribution in [0.5, 0.6) is 5.75 Å². The summed E-state index contributed by atoms with van der Waals surface area (Å²) >= 11 is 1.36. The summed E-state index contributed by atoms with van der Waals surface area (Å²) in [7, 11) is 3.23. The van der Waals surface area contributed by atoms with Crippen LogP contribution in [0.15, 0.2) is 18.2 Å². The summed E-state index contributed by atoms with van der Waals surface area (Å²) in [5.41, 5.74) is 6.17. The number of nitrogen functional groups attached to an aromatic ring is 1. The second-order valence-corrected chi connectivity index (χ2v) is 6.41. The van der Waals surface area contributed by atoms with E-state index in [1.165, 1.54) is 11.3 Å². The maximum atomic E-state index is 12.3. The predicted molar refractivity (Wildman–Crippen MR) is 86.2 cm³/mol. The van der Waals surface area contributed by atoms with Crippen LogP contribution in [0.25, 0.3) is 10.1 Å². The van der Waals surface area contributed by atoms with Crippen LogP contribution in [0.2, 0.25) is 0 Å². The molecule has 0 fully saturated rings. The van der Waals surface area contributed by atoms with Gasteiger partial charge in [0.15, 0.2) is 0 Å². The van der Waals surface area contributed by atoms with Gasteiger partial charge in [-0.15, -0.1) is 11.3 Å². The van der Waals surface area contributed by atoms with Gasteiger partial charge in [-0.1, -0.05) is 0 Å². The Balaban J connectivity index is 2.25. The smallest absolute Gasteiger partial charge is 0.263 e. The number of fused-ring (bicyclic) bond motifs is 1. The highest BCUT2D eigenvalue weighted by Crippen LogP contribution is 2.35. The quantitative estimate of drug-likeness (QED) is 0.890. The minimum Gasteiger partial charge on any atom is -0.497 e. The second kappa shape index (κ2) is 5.91. The molecular formula is C15H20N2O3S. The number of benzene rings is 1. The summed E-state index contributed by atoms with van der Waals surface area (Å²) in [4.78, 5) is 12.8. The van der Waals surface area contributed by atoms with E-state index >= 15 is 0 Å². The van der Waals surface area contributed by atoms with E-state index in [2.05, 4.69) is 5.32 Å². The fourth-order valence-corrected chi connectivity index (χ4v) is 2.91. The standard InChI is InChI=1S/C15H20N2O3S/c1-15(2,20-4)8-17-14(18)13-12(16)10-6-5-9(19-3)7-11(10)21-13/h5-7H,8,16H2,1-4H3,(H,17,18). The molecule has 1 aromatic heterocycles. The predicted octanol–water partition coefficient (Wildman–Crippen LogP) is 2.65. The molecular weight excluding hydrogens is 288 g/mol. The van der Waals surface area contributed by atoms with E-state index in [-0.39, 0.29) is 5.91 Å². The summed E-state index contributed by atoms with van der Waals surface area (Å²) in [6.45, 7) is 4.23. The average Bonchev–Trinajstić information content (AvgIpc) is 2.81. The molecule has 21 heavy (non-hydrogen) atoms. The Hall–Kier alpha value is -1.79. The molecule has 0 radical (unpaired) electrons. The number of carbonyl (C=O) groups excluding carboxylic acids is 1. The number of ether oxygens (including phenoxy) is 2. The average molecular weight is 308 g/mol. The first-order chi connectivity index (χ1) is 9.88. The maximum Gasteiger partial charge on any atom is 0.263 e. The lowest BCUT2D eigenvalue weighted by atomic mass is 10.1. The van der Waals surface area contributed by atoms with Gasteiger partial charge in [0.05, 0.1) is 18.4 Å². The molecule has 0 aliphatic carbocycles. The van der Waals surface area contributed by atoms with E-state index < -0.39 is 5.60 Å². The minimum atomic E-state index is -0.412. The fraction of sp³-hybridized carbons (Fsp3) is 0.400. The molecule has 2 rings (SSSR count). The van der Waals surface area contributed by atoms with Crippen molar-refractivity contribution in [3.8, 4) is 5.75 Å². The number of hydrogen-bond donors (Lipinski definition) is 2. The Labute approximate surface area is 128 Å². The highest BCUT2D eigenvalue weighted by molar-refractivity contribution is 7.21. The van der Waals surface area contributed by atoms with Gasteiger partial charge in [-0.05, 0) is 32.0 Å². The van der Waals surface area contributed by atoms with Crippen molar-refractivity contribution >= 4 is 33.0 Å². The third-order valence-corrected chi connectivity index (χ3v) is 4.54. The zero-order valence-corrected chi connectivity index (χ0v) is 13.5. The molecule has 2 aromatic rings. The van der Waals surface area contributed by atoms with Gasteiger partial charge in [0.2, 0.25) is 0 Å². The van der Waals surface area contributed by atoms with Gasteiger partial charge in [0.25, 0.3) is 5.91 Å². The molecule has 5 nitrogen and oxygen atoms in total. The first kappa shape index (κ1) is 15.6. The molecule has 1 amide bonds. The van der Waals surface area contributed by atoms with Crippen LogP contribution in [0.1, 0.15) is 23.5 Å². The van der Waals surface area contributed by atoms with E-state index in [9.17, 15) is 4.79 Å². The Morgan fingerprint density at radius 1 is 1.38 bits per heavy atom. The van der Waals surface area contributed by atoms with Crippen molar-refractivity contribution in [2.24, 2.45) is 0 Å². The molecule has 3 N–H and O–H groups in total. The summed E-state index contributed by atoms with van der Waals surface area (Å²) < 4.78 is 11.4. The van der Waals surface area contributed by atoms with Crippen molar-refractivity contribution in [1.29, 1.82) is 0 Å². The van der Waals surface area contributed by atoms with Gasteiger partial charge in [0.1, 0.15) is 10.6 Å². The molecule has 114 valence electrons. The topological polar surface area (TPSA) is 73.6 Å². The summed E-state index contributed by atoms with van der Waals surface area (Å²) in [5, 5.41) is 3.73. The number of methoxy groups -OCH3 is 2. The molecule has 1 aromatic carbocycles. The number of anilines is 1. The molecule has 0 aliphatic heterocycles. The molecule has 1 heterocycles. The third kappa shape index (κ3) is 3.28. The lowest BCUT2D eigenvalue weighted by Gasteiger charge is -2.22. The zero-order valence-electron chi connectivity index (χ0n) is 12.6. The summed E-state index contributed by atoms with van der Waals surface area (Å²) in [5.74, 6) is 0.564. The van der Waals surface area contributed by atoms with Crippen molar-refractivity contribution < 1.29 is 14.3 Å². The van der Waals surface area contributed by atoms with Crippen LogP contribution in [0.4, 0.5) is 5.69 Å². The molecule has 6 heteroatoms. The number of thiophene rings is 1. The lowest BCUT2D eigenvalue weighted by Crippen LogP contribution is -2.39. The van der Waals surface area contributed by atoms with Crippen LogP contribution < -0.4 is 15.8 Å². The van der Waals surface area contributed by atoms with Crippen LogP contribution in [-0.4, -0.2) is 32.3 Å². The van der Waals surface area contributed by atoms with Crippen molar-refractivity contribution in [3.05, 3.63) is 23.1 Å². The highest BCUT2D eigenvalue weighted by Gasteiger charge is 2.21. The van der Waals surface area contributed by atoms with Gasteiger partial charge >= 0.3 is 0 Å². The number of nitrogens with two attached hydrogens (primary N) is 1. The van der Waals surface area contributed by atoms with E-state index in [0.29, 0.717) is 17.1 Å². The number of nitrogens with one attached hydrogen (secondary N) is 1. The van der Waals surface area contributed by atoms with E-state index in [4.69, 9.17) is 15.2 Å². The maximum absolute atomic E-state index is 12.3. The van der Waals surface area contributed by atoms with Gasteiger partial charge in [-0.25, -0.2) is 0 Å². The number of rotatable bonds is 5. The largest absolute Gasteiger partial charge is 0.497 e. The monoisotopic (exact) mass is 308 g/mol. The molecule has 0 bridgehead atoms. The Kier molecular flexibility index (Phi) is 4.39. The van der Waals surface area contributed by atoms with Crippen LogP contribution in [-0.2, 0) is 4.74 Å². The molecule has 0 saturated heterocycles. The van der Waals surface area contributed by atoms with Crippen molar-refractivity contribution in [1.82, 2.24) is 5.32 Å². The van der Waals surface area contributed by atoms with Gasteiger partial charge in [0, 0.05) is 23.7 Å². The lowest BCUT2D eigenvalue weighted by molar-refractivity contribution is 0.0229. The van der Waals surface area contributed by atoms with E-state index in [1.807, 2.05) is 32.0 Å². The molecule has 0 atom stereocenters.